The molecule has 0 amide bonds. The van der Waals surface area contributed by atoms with Crippen LogP contribution in [0.5, 0.6) is 0 Å². The molecule has 0 bridgehead atoms. The normalized spacial score (nSPS) is 10.4. The Kier molecular flexibility index (Phi) is 8.16. The number of carbonyl (C=O) groups is 1. The van der Waals surface area contributed by atoms with E-state index in [4.69, 9.17) is 9.47 Å². The summed E-state index contributed by atoms with van der Waals surface area (Å²) >= 11 is 0. The van der Waals surface area contributed by atoms with E-state index in [2.05, 4.69) is 12.1 Å². The van der Waals surface area contributed by atoms with Gasteiger partial charge in [0.25, 0.3) is 0 Å². The van der Waals surface area contributed by atoms with E-state index in [1.165, 1.54) is 5.56 Å². The molecule has 1 aromatic carbocycles. The fourth-order valence-corrected chi connectivity index (χ4v) is 1.40. The summed E-state index contributed by atoms with van der Waals surface area (Å²) in [6.45, 7) is 2.74. The zero-order valence-electron chi connectivity index (χ0n) is 10.1. The number of hydrogen-bond donors (Lipinski definition) is 0. The van der Waals surface area contributed by atoms with Gasteiger partial charge in [0.2, 0.25) is 0 Å². The number of benzene rings is 1. The van der Waals surface area contributed by atoms with Crippen LogP contribution < -0.4 is 0 Å². The molecule has 0 heterocycles. The molecule has 0 atom stereocenters. The highest BCUT2D eigenvalue weighted by molar-refractivity contribution is 5.48. The molecule has 0 spiro atoms. The Morgan fingerprint density at radius 3 is 2.41 bits per heavy atom. The first kappa shape index (κ1) is 13.9. The third-order valence-corrected chi connectivity index (χ3v) is 2.30. The first-order valence-electron chi connectivity index (χ1n) is 6.06. The number of aldehydes is 1. The van der Waals surface area contributed by atoms with Crippen molar-refractivity contribution in [2.75, 3.05) is 19.8 Å². The summed E-state index contributed by atoms with van der Waals surface area (Å²) < 4.78 is 10.9. The smallest absolute Gasteiger partial charge is 0.120 e. The van der Waals surface area contributed by atoms with Crippen molar-refractivity contribution in [3.63, 3.8) is 0 Å². The lowest BCUT2D eigenvalue weighted by atomic mass is 10.2. The van der Waals surface area contributed by atoms with Gasteiger partial charge in [-0.1, -0.05) is 30.3 Å². The van der Waals surface area contributed by atoms with Crippen LogP contribution in [0.25, 0.3) is 0 Å². The minimum atomic E-state index is 0.588. The molecular formula is C14H20O3. The molecule has 0 aliphatic carbocycles. The van der Waals surface area contributed by atoms with E-state index < -0.39 is 0 Å². The Hall–Kier alpha value is -1.19. The van der Waals surface area contributed by atoms with Crippen molar-refractivity contribution in [1.82, 2.24) is 0 Å². The van der Waals surface area contributed by atoms with Crippen molar-refractivity contribution in [2.24, 2.45) is 0 Å². The Bertz CT molecular complexity index is 285. The molecule has 1 rings (SSSR count). The van der Waals surface area contributed by atoms with Gasteiger partial charge in [-0.05, 0) is 18.4 Å². The molecule has 0 fully saturated rings. The summed E-state index contributed by atoms with van der Waals surface area (Å²) in [6.07, 6.45) is 3.22. The molecule has 0 saturated carbocycles. The lowest BCUT2D eigenvalue weighted by Gasteiger charge is -2.05. The van der Waals surface area contributed by atoms with Crippen LogP contribution >= 0.6 is 0 Å². The molecule has 0 saturated heterocycles. The van der Waals surface area contributed by atoms with Crippen LogP contribution in [0, 0.1) is 0 Å². The molecule has 0 aliphatic heterocycles. The minimum absolute atomic E-state index is 0.588. The maximum atomic E-state index is 10.0. The van der Waals surface area contributed by atoms with Crippen molar-refractivity contribution in [3.05, 3.63) is 35.9 Å². The summed E-state index contributed by atoms with van der Waals surface area (Å²) in [6, 6.07) is 10.1. The molecule has 0 N–H and O–H groups in total. The van der Waals surface area contributed by atoms with Gasteiger partial charge in [0, 0.05) is 26.2 Å². The van der Waals surface area contributed by atoms with Gasteiger partial charge in [0.15, 0.2) is 0 Å². The monoisotopic (exact) mass is 236 g/mol. The van der Waals surface area contributed by atoms with E-state index in [0.717, 1.165) is 19.1 Å². The Balaban J connectivity index is 1.86. The molecule has 0 aliphatic rings. The van der Waals surface area contributed by atoms with Crippen molar-refractivity contribution < 1.29 is 14.3 Å². The van der Waals surface area contributed by atoms with Gasteiger partial charge in [-0.2, -0.15) is 0 Å². The number of rotatable bonds is 10. The van der Waals surface area contributed by atoms with Crippen molar-refractivity contribution in [2.45, 2.75) is 25.9 Å². The predicted molar refractivity (Wildman–Crippen MR) is 66.8 cm³/mol. The van der Waals surface area contributed by atoms with Crippen LogP contribution in [-0.2, 0) is 20.9 Å². The number of carbonyl (C=O) groups excluding carboxylic acids is 1. The molecule has 0 radical (unpaired) electrons. The van der Waals surface area contributed by atoms with Gasteiger partial charge in [-0.3, -0.25) is 0 Å². The molecule has 1 aromatic rings. The van der Waals surface area contributed by atoms with Crippen molar-refractivity contribution in [1.29, 1.82) is 0 Å². The second kappa shape index (κ2) is 10.00. The van der Waals surface area contributed by atoms with Gasteiger partial charge in [0.1, 0.15) is 6.29 Å². The molecule has 0 aromatic heterocycles. The average Bonchev–Trinajstić information content (AvgIpc) is 2.38. The van der Waals surface area contributed by atoms with Gasteiger partial charge >= 0.3 is 0 Å². The van der Waals surface area contributed by atoms with Crippen LogP contribution in [0.4, 0.5) is 0 Å². The van der Waals surface area contributed by atoms with Crippen LogP contribution in [0.15, 0.2) is 30.3 Å². The zero-order chi connectivity index (χ0) is 12.2. The van der Waals surface area contributed by atoms with E-state index in [9.17, 15) is 4.79 Å². The molecule has 94 valence electrons. The SMILES string of the molecule is O=CCCCOCCCOCc1ccccc1. The third-order valence-electron chi connectivity index (χ3n) is 2.30. The summed E-state index contributed by atoms with van der Waals surface area (Å²) in [4.78, 5) is 10.0. The van der Waals surface area contributed by atoms with E-state index in [0.29, 0.717) is 32.8 Å². The van der Waals surface area contributed by atoms with Crippen LogP contribution in [-0.4, -0.2) is 26.1 Å². The lowest BCUT2D eigenvalue weighted by Crippen LogP contribution is -2.02. The maximum Gasteiger partial charge on any atom is 0.120 e. The predicted octanol–water partition coefficient (Wildman–Crippen LogP) is 2.59. The van der Waals surface area contributed by atoms with Gasteiger partial charge in [-0.15, -0.1) is 0 Å². The highest BCUT2D eigenvalue weighted by Crippen LogP contribution is 2.00. The lowest BCUT2D eigenvalue weighted by molar-refractivity contribution is -0.108. The van der Waals surface area contributed by atoms with Crippen molar-refractivity contribution in [3.8, 4) is 0 Å². The quantitative estimate of drug-likeness (QED) is 0.462. The Morgan fingerprint density at radius 1 is 0.941 bits per heavy atom. The maximum absolute atomic E-state index is 10.0. The summed E-state index contributed by atoms with van der Waals surface area (Å²) in [5.41, 5.74) is 1.19. The first-order chi connectivity index (χ1) is 8.43. The van der Waals surface area contributed by atoms with Gasteiger partial charge < -0.3 is 14.3 Å². The van der Waals surface area contributed by atoms with Crippen LogP contribution in [0.3, 0.4) is 0 Å². The third kappa shape index (κ3) is 7.66. The van der Waals surface area contributed by atoms with E-state index in [1.807, 2.05) is 18.2 Å². The van der Waals surface area contributed by atoms with E-state index in [-0.39, 0.29) is 0 Å². The Morgan fingerprint density at radius 2 is 1.65 bits per heavy atom. The summed E-state index contributed by atoms with van der Waals surface area (Å²) in [5, 5.41) is 0. The minimum Gasteiger partial charge on any atom is -0.381 e. The highest BCUT2D eigenvalue weighted by atomic mass is 16.5. The second-order valence-corrected chi connectivity index (χ2v) is 3.81. The van der Waals surface area contributed by atoms with E-state index in [1.54, 1.807) is 0 Å². The van der Waals surface area contributed by atoms with Gasteiger partial charge in [-0.25, -0.2) is 0 Å². The van der Waals surface area contributed by atoms with Crippen LogP contribution in [0.1, 0.15) is 24.8 Å². The summed E-state index contributed by atoms with van der Waals surface area (Å²) in [5.74, 6) is 0. The fraction of sp³-hybridized carbons (Fsp3) is 0.500. The topological polar surface area (TPSA) is 35.5 Å². The molecule has 17 heavy (non-hydrogen) atoms. The van der Waals surface area contributed by atoms with E-state index >= 15 is 0 Å². The molecule has 0 unspecified atom stereocenters. The molecule has 3 nitrogen and oxygen atoms in total. The van der Waals surface area contributed by atoms with Crippen molar-refractivity contribution >= 4 is 6.29 Å². The van der Waals surface area contributed by atoms with Gasteiger partial charge in [0.05, 0.1) is 6.61 Å². The number of ether oxygens (including phenoxy) is 2. The Labute approximate surface area is 103 Å². The molecular weight excluding hydrogens is 216 g/mol. The highest BCUT2D eigenvalue weighted by Gasteiger charge is 1.93. The standard InChI is InChI=1S/C14H20O3/c15-9-4-5-10-16-11-6-12-17-13-14-7-2-1-3-8-14/h1-3,7-9H,4-6,10-13H2. The second-order valence-electron chi connectivity index (χ2n) is 3.81. The average molecular weight is 236 g/mol. The largest absolute Gasteiger partial charge is 0.381 e. The molecule has 3 heteroatoms. The first-order valence-corrected chi connectivity index (χ1v) is 6.06. The number of unbranched alkanes of at least 4 members (excludes halogenated alkanes) is 1. The van der Waals surface area contributed by atoms with Crippen LogP contribution in [0.2, 0.25) is 0 Å². The zero-order valence-corrected chi connectivity index (χ0v) is 10.1. The summed E-state index contributed by atoms with van der Waals surface area (Å²) in [7, 11) is 0. The fourth-order valence-electron chi connectivity index (χ4n) is 1.40. The number of hydrogen-bond acceptors (Lipinski definition) is 3.